The van der Waals surface area contributed by atoms with E-state index in [2.05, 4.69) is 52.1 Å². The van der Waals surface area contributed by atoms with Crippen molar-refractivity contribution in [2.75, 3.05) is 0 Å². The minimum atomic E-state index is 0.455. The van der Waals surface area contributed by atoms with Crippen molar-refractivity contribution in [2.45, 2.75) is 58.3 Å². The van der Waals surface area contributed by atoms with Crippen molar-refractivity contribution in [3.05, 3.63) is 48.0 Å². The normalized spacial score (nSPS) is 18.1. The molecule has 0 bridgehead atoms. The van der Waals surface area contributed by atoms with E-state index in [1.54, 1.807) is 5.56 Å². The van der Waals surface area contributed by atoms with Crippen LogP contribution in [0.1, 0.15) is 55.7 Å². The Kier molecular flexibility index (Phi) is 4.99. The fourth-order valence-electron chi connectivity index (χ4n) is 2.74. The van der Waals surface area contributed by atoms with Crippen molar-refractivity contribution in [3.8, 4) is 0 Å². The Morgan fingerprint density at radius 3 is 2.06 bits per heavy atom. The largest absolute Gasteiger partial charge is 0.106 e. The molecular formula is C17H26. The third kappa shape index (κ3) is 3.21. The Hall–Kier alpha value is -1.04. The smallest absolute Gasteiger partial charge is 0.00751 e. The summed E-state index contributed by atoms with van der Waals surface area (Å²) in [5, 5.41) is 0. The van der Waals surface area contributed by atoms with E-state index in [9.17, 15) is 0 Å². The Morgan fingerprint density at radius 2 is 1.53 bits per heavy atom. The number of benzene rings is 1. The first-order valence-corrected chi connectivity index (χ1v) is 6.70. The van der Waals surface area contributed by atoms with Gasteiger partial charge < -0.3 is 0 Å². The number of rotatable bonds is 1. The molecule has 1 aromatic carbocycles. The van der Waals surface area contributed by atoms with Crippen molar-refractivity contribution in [3.63, 3.8) is 0 Å². The maximum absolute atomic E-state index is 3.00. The first-order valence-electron chi connectivity index (χ1n) is 6.70. The highest BCUT2D eigenvalue weighted by atomic mass is 14.3. The summed E-state index contributed by atoms with van der Waals surface area (Å²) in [7, 11) is 0. The molecule has 1 saturated carbocycles. The first-order chi connectivity index (χ1) is 8.12. The van der Waals surface area contributed by atoms with E-state index in [1.807, 2.05) is 0 Å². The van der Waals surface area contributed by atoms with Crippen LogP contribution in [0.15, 0.2) is 31.4 Å². The summed E-state index contributed by atoms with van der Waals surface area (Å²) in [5.41, 5.74) is 4.87. The molecule has 0 unspecified atom stereocenters. The first kappa shape index (κ1) is 14.0. The predicted molar refractivity (Wildman–Crippen MR) is 77.6 cm³/mol. The fraction of sp³-hybridized carbons (Fsp3) is 0.529. The van der Waals surface area contributed by atoms with Crippen LogP contribution < -0.4 is 0 Å². The summed E-state index contributed by atoms with van der Waals surface area (Å²) >= 11 is 0. The van der Waals surface area contributed by atoms with Gasteiger partial charge in [0, 0.05) is 0 Å². The molecule has 0 aliphatic heterocycles. The van der Waals surface area contributed by atoms with E-state index < -0.39 is 0 Å². The van der Waals surface area contributed by atoms with E-state index in [-0.39, 0.29) is 0 Å². The molecular weight excluding hydrogens is 204 g/mol. The summed E-state index contributed by atoms with van der Waals surface area (Å²) in [6.07, 6.45) is 6.98. The van der Waals surface area contributed by atoms with Crippen molar-refractivity contribution in [2.24, 2.45) is 0 Å². The lowest BCUT2D eigenvalue weighted by Crippen LogP contribution is -2.25. The molecule has 0 aromatic heterocycles. The van der Waals surface area contributed by atoms with Crippen LogP contribution in [0.5, 0.6) is 0 Å². The number of hydrogen-bond acceptors (Lipinski definition) is 0. The van der Waals surface area contributed by atoms with Crippen molar-refractivity contribution < 1.29 is 0 Å². The molecule has 0 atom stereocenters. The summed E-state index contributed by atoms with van der Waals surface area (Å²) in [6.45, 7) is 12.9. The second-order valence-electron chi connectivity index (χ2n) is 5.42. The second-order valence-corrected chi connectivity index (χ2v) is 5.42. The van der Waals surface area contributed by atoms with Crippen molar-refractivity contribution in [1.82, 2.24) is 0 Å². The van der Waals surface area contributed by atoms with Crippen LogP contribution in [0, 0.1) is 13.8 Å². The standard InChI is InChI=1S/C15H22.C2H4/c1-12-7-8-14(11-13(12)2)15(3)9-5-4-6-10-15;1-2/h7-8,11H,4-6,9-10H2,1-3H3;1-2H2. The zero-order chi connectivity index (χ0) is 12.9. The predicted octanol–water partition coefficient (Wildman–Crippen LogP) is 5.33. The van der Waals surface area contributed by atoms with E-state index in [1.165, 1.54) is 43.2 Å². The van der Waals surface area contributed by atoms with Crippen LogP contribution in [0.3, 0.4) is 0 Å². The molecule has 0 saturated heterocycles. The molecule has 0 nitrogen and oxygen atoms in total. The maximum Gasteiger partial charge on any atom is -0.00751 e. The average Bonchev–Trinajstić information content (AvgIpc) is 2.36. The molecule has 1 aliphatic carbocycles. The zero-order valence-corrected chi connectivity index (χ0v) is 11.7. The summed E-state index contributed by atoms with van der Waals surface area (Å²) in [5.74, 6) is 0. The van der Waals surface area contributed by atoms with Gasteiger partial charge in [0.05, 0.1) is 0 Å². The Labute approximate surface area is 107 Å². The van der Waals surface area contributed by atoms with Crippen LogP contribution in [0.2, 0.25) is 0 Å². The molecule has 1 aromatic rings. The third-order valence-corrected chi connectivity index (χ3v) is 4.16. The summed E-state index contributed by atoms with van der Waals surface area (Å²) in [6, 6.07) is 7.03. The topological polar surface area (TPSA) is 0 Å². The molecule has 1 aliphatic rings. The summed E-state index contributed by atoms with van der Waals surface area (Å²) in [4.78, 5) is 0. The maximum atomic E-state index is 3.00. The van der Waals surface area contributed by atoms with Gasteiger partial charge in [0.2, 0.25) is 0 Å². The van der Waals surface area contributed by atoms with Crippen LogP contribution in [0.4, 0.5) is 0 Å². The molecule has 0 heterocycles. The monoisotopic (exact) mass is 230 g/mol. The zero-order valence-electron chi connectivity index (χ0n) is 11.7. The molecule has 17 heavy (non-hydrogen) atoms. The molecule has 94 valence electrons. The Bertz CT molecular complexity index is 356. The van der Waals surface area contributed by atoms with Gasteiger partial charge in [-0.25, -0.2) is 0 Å². The lowest BCUT2D eigenvalue weighted by Gasteiger charge is -2.34. The number of aryl methyl sites for hydroxylation is 2. The minimum absolute atomic E-state index is 0.455. The van der Waals surface area contributed by atoms with Gasteiger partial charge in [-0.2, -0.15) is 0 Å². The van der Waals surface area contributed by atoms with Gasteiger partial charge in [-0.15, -0.1) is 13.2 Å². The molecule has 2 rings (SSSR count). The molecule has 0 N–H and O–H groups in total. The molecule has 1 fully saturated rings. The van der Waals surface area contributed by atoms with E-state index in [0.29, 0.717) is 5.41 Å². The van der Waals surface area contributed by atoms with Gasteiger partial charge in [0.1, 0.15) is 0 Å². The Balaban J connectivity index is 0.000000686. The van der Waals surface area contributed by atoms with Gasteiger partial charge in [0.15, 0.2) is 0 Å². The number of hydrogen-bond donors (Lipinski definition) is 0. The Morgan fingerprint density at radius 1 is 0.941 bits per heavy atom. The third-order valence-electron chi connectivity index (χ3n) is 4.16. The van der Waals surface area contributed by atoms with Crippen LogP contribution >= 0.6 is 0 Å². The quantitative estimate of drug-likeness (QED) is 0.572. The van der Waals surface area contributed by atoms with E-state index >= 15 is 0 Å². The molecule has 0 amide bonds. The second kappa shape index (κ2) is 6.05. The van der Waals surface area contributed by atoms with Crippen molar-refractivity contribution >= 4 is 0 Å². The lowest BCUT2D eigenvalue weighted by atomic mass is 9.70. The van der Waals surface area contributed by atoms with Crippen LogP contribution in [-0.2, 0) is 5.41 Å². The van der Waals surface area contributed by atoms with Gasteiger partial charge in [-0.05, 0) is 48.8 Å². The molecule has 0 heteroatoms. The highest BCUT2D eigenvalue weighted by molar-refractivity contribution is 5.34. The molecule has 0 spiro atoms. The van der Waals surface area contributed by atoms with Gasteiger partial charge in [0.25, 0.3) is 0 Å². The molecule has 0 radical (unpaired) electrons. The van der Waals surface area contributed by atoms with Gasteiger partial charge in [-0.1, -0.05) is 44.4 Å². The highest BCUT2D eigenvalue weighted by Crippen LogP contribution is 2.39. The summed E-state index contributed by atoms with van der Waals surface area (Å²) < 4.78 is 0. The van der Waals surface area contributed by atoms with Crippen molar-refractivity contribution in [1.29, 1.82) is 0 Å². The van der Waals surface area contributed by atoms with Gasteiger partial charge >= 0.3 is 0 Å². The lowest BCUT2D eigenvalue weighted by molar-refractivity contribution is 0.319. The van der Waals surface area contributed by atoms with Crippen LogP contribution in [-0.4, -0.2) is 0 Å². The highest BCUT2D eigenvalue weighted by Gasteiger charge is 2.28. The fourth-order valence-corrected chi connectivity index (χ4v) is 2.74. The average molecular weight is 230 g/mol. The van der Waals surface area contributed by atoms with E-state index in [0.717, 1.165) is 0 Å². The SMILES string of the molecule is C=C.Cc1ccc(C2(C)CCCCC2)cc1C. The van der Waals surface area contributed by atoms with E-state index in [4.69, 9.17) is 0 Å². The van der Waals surface area contributed by atoms with Gasteiger partial charge in [-0.3, -0.25) is 0 Å². The minimum Gasteiger partial charge on any atom is -0.106 e. The van der Waals surface area contributed by atoms with Crippen LogP contribution in [0.25, 0.3) is 0 Å².